The van der Waals surface area contributed by atoms with Crippen molar-refractivity contribution in [2.75, 3.05) is 26.2 Å². The molecule has 0 spiro atoms. The number of nitrogens with two attached hydrogens (primary N) is 1. The third kappa shape index (κ3) is 4.02. The Labute approximate surface area is 95.7 Å². The molecule has 90 valence electrons. The van der Waals surface area contributed by atoms with Gasteiger partial charge in [-0.25, -0.2) is 0 Å². The first kappa shape index (κ1) is 12.7. The number of carbonyl (C=O) groups excluding carboxylic acids is 2. The second kappa shape index (κ2) is 6.27. The Morgan fingerprint density at radius 2 is 2.06 bits per heavy atom. The summed E-state index contributed by atoms with van der Waals surface area (Å²) < 4.78 is 0. The molecule has 1 heterocycles. The first-order chi connectivity index (χ1) is 7.63. The Morgan fingerprint density at radius 1 is 1.44 bits per heavy atom. The van der Waals surface area contributed by atoms with Crippen LogP contribution in [-0.2, 0) is 9.59 Å². The summed E-state index contributed by atoms with van der Waals surface area (Å²) in [7, 11) is 0. The van der Waals surface area contributed by atoms with Crippen LogP contribution in [0.4, 0.5) is 0 Å². The lowest BCUT2D eigenvalue weighted by atomic mass is 9.96. The van der Waals surface area contributed by atoms with Crippen molar-refractivity contribution < 1.29 is 9.59 Å². The third-order valence-electron chi connectivity index (χ3n) is 2.80. The second-order valence-electron chi connectivity index (χ2n) is 4.05. The average Bonchev–Trinajstić information content (AvgIpc) is 2.27. The molecule has 3 N–H and O–H groups in total. The molecule has 2 amide bonds. The van der Waals surface area contributed by atoms with E-state index in [1.807, 2.05) is 4.90 Å². The van der Waals surface area contributed by atoms with Crippen molar-refractivity contribution in [3.8, 4) is 0 Å². The van der Waals surface area contributed by atoms with Crippen LogP contribution in [0, 0.1) is 5.92 Å². The summed E-state index contributed by atoms with van der Waals surface area (Å²) in [6, 6.07) is 0. The Kier molecular flexibility index (Phi) is 4.98. The molecule has 0 radical (unpaired) electrons. The van der Waals surface area contributed by atoms with Crippen LogP contribution in [0.2, 0.25) is 0 Å². The second-order valence-corrected chi connectivity index (χ2v) is 4.05. The number of piperidine rings is 1. The summed E-state index contributed by atoms with van der Waals surface area (Å²) in [5, 5.41) is 2.72. The minimum atomic E-state index is -0.226. The van der Waals surface area contributed by atoms with Crippen molar-refractivity contribution in [3.05, 3.63) is 12.7 Å². The van der Waals surface area contributed by atoms with E-state index in [1.54, 1.807) is 6.08 Å². The third-order valence-corrected chi connectivity index (χ3v) is 2.80. The van der Waals surface area contributed by atoms with Crippen molar-refractivity contribution in [2.24, 2.45) is 11.7 Å². The normalized spacial score (nSPS) is 18.0. The molecular weight excluding hydrogens is 206 g/mol. The fourth-order valence-corrected chi connectivity index (χ4v) is 1.82. The SMILES string of the molecule is C=CCNC(=O)CN1CCC(C(N)=O)CC1. The smallest absolute Gasteiger partial charge is 0.234 e. The van der Waals surface area contributed by atoms with Gasteiger partial charge in [0.15, 0.2) is 0 Å². The predicted octanol–water partition coefficient (Wildman–Crippen LogP) is -0.514. The lowest BCUT2D eigenvalue weighted by Crippen LogP contribution is -2.43. The predicted molar refractivity (Wildman–Crippen MR) is 61.6 cm³/mol. The summed E-state index contributed by atoms with van der Waals surface area (Å²) in [5.74, 6) is -0.249. The fourth-order valence-electron chi connectivity index (χ4n) is 1.82. The summed E-state index contributed by atoms with van der Waals surface area (Å²) in [4.78, 5) is 24.4. The van der Waals surface area contributed by atoms with Crippen LogP contribution in [0.25, 0.3) is 0 Å². The molecule has 1 fully saturated rings. The quantitative estimate of drug-likeness (QED) is 0.619. The number of nitrogens with one attached hydrogen (secondary N) is 1. The molecule has 1 rings (SSSR count). The van der Waals surface area contributed by atoms with Gasteiger partial charge in [0.2, 0.25) is 11.8 Å². The number of likely N-dealkylation sites (tertiary alicyclic amines) is 1. The summed E-state index contributed by atoms with van der Waals surface area (Å²) in [6.07, 6.45) is 3.16. The van der Waals surface area contributed by atoms with Crippen molar-refractivity contribution in [1.82, 2.24) is 10.2 Å². The number of carbonyl (C=O) groups is 2. The Morgan fingerprint density at radius 3 is 2.56 bits per heavy atom. The molecule has 0 saturated carbocycles. The highest BCUT2D eigenvalue weighted by Gasteiger charge is 2.23. The Hall–Kier alpha value is -1.36. The minimum absolute atomic E-state index is 0.00238. The maximum Gasteiger partial charge on any atom is 0.234 e. The molecule has 0 atom stereocenters. The van der Waals surface area contributed by atoms with E-state index < -0.39 is 0 Å². The zero-order valence-electron chi connectivity index (χ0n) is 9.45. The van der Waals surface area contributed by atoms with E-state index in [4.69, 9.17) is 5.73 Å². The summed E-state index contributed by atoms with van der Waals surface area (Å²) in [5.41, 5.74) is 5.23. The number of hydrogen-bond acceptors (Lipinski definition) is 3. The van der Waals surface area contributed by atoms with Gasteiger partial charge in [-0.1, -0.05) is 6.08 Å². The van der Waals surface area contributed by atoms with Gasteiger partial charge in [0.05, 0.1) is 6.54 Å². The van der Waals surface area contributed by atoms with Crippen LogP contribution in [0.15, 0.2) is 12.7 Å². The Bertz CT molecular complexity index is 270. The zero-order valence-corrected chi connectivity index (χ0v) is 9.45. The molecule has 0 aromatic rings. The minimum Gasteiger partial charge on any atom is -0.369 e. The monoisotopic (exact) mass is 225 g/mol. The fraction of sp³-hybridized carbons (Fsp3) is 0.636. The van der Waals surface area contributed by atoms with Gasteiger partial charge in [0.1, 0.15) is 0 Å². The molecule has 0 bridgehead atoms. The molecule has 0 aliphatic carbocycles. The van der Waals surface area contributed by atoms with E-state index in [0.29, 0.717) is 13.1 Å². The van der Waals surface area contributed by atoms with Crippen LogP contribution >= 0.6 is 0 Å². The van der Waals surface area contributed by atoms with E-state index in [-0.39, 0.29) is 17.7 Å². The first-order valence-electron chi connectivity index (χ1n) is 5.52. The van der Waals surface area contributed by atoms with E-state index in [9.17, 15) is 9.59 Å². The molecule has 0 aromatic carbocycles. The molecule has 0 aromatic heterocycles. The highest BCUT2D eigenvalue weighted by Crippen LogP contribution is 2.15. The van der Waals surface area contributed by atoms with Crippen LogP contribution in [0.3, 0.4) is 0 Å². The van der Waals surface area contributed by atoms with Crippen LogP contribution in [-0.4, -0.2) is 42.9 Å². The average molecular weight is 225 g/mol. The molecule has 5 heteroatoms. The maximum atomic E-state index is 11.4. The molecular formula is C11H19N3O2. The number of nitrogens with zero attached hydrogens (tertiary/aromatic N) is 1. The topological polar surface area (TPSA) is 75.4 Å². The zero-order chi connectivity index (χ0) is 12.0. The lowest BCUT2D eigenvalue weighted by molar-refractivity contribution is -0.124. The van der Waals surface area contributed by atoms with E-state index >= 15 is 0 Å². The van der Waals surface area contributed by atoms with Crippen molar-refractivity contribution in [2.45, 2.75) is 12.8 Å². The van der Waals surface area contributed by atoms with E-state index in [0.717, 1.165) is 25.9 Å². The highest BCUT2D eigenvalue weighted by atomic mass is 16.2. The van der Waals surface area contributed by atoms with Gasteiger partial charge >= 0.3 is 0 Å². The van der Waals surface area contributed by atoms with Gasteiger partial charge in [0.25, 0.3) is 0 Å². The summed E-state index contributed by atoms with van der Waals surface area (Å²) in [6.45, 7) is 5.93. The van der Waals surface area contributed by atoms with Crippen LogP contribution in [0.5, 0.6) is 0 Å². The van der Waals surface area contributed by atoms with Gasteiger partial charge in [-0.2, -0.15) is 0 Å². The summed E-state index contributed by atoms with van der Waals surface area (Å²) >= 11 is 0. The van der Waals surface area contributed by atoms with Gasteiger partial charge in [0, 0.05) is 12.5 Å². The number of primary amides is 1. The van der Waals surface area contributed by atoms with Gasteiger partial charge in [-0.3, -0.25) is 14.5 Å². The van der Waals surface area contributed by atoms with Gasteiger partial charge < -0.3 is 11.1 Å². The standard InChI is InChI=1S/C11H19N3O2/c1-2-5-13-10(15)8-14-6-3-9(4-7-14)11(12)16/h2,9H,1,3-8H2,(H2,12,16)(H,13,15). The van der Waals surface area contributed by atoms with Crippen molar-refractivity contribution in [3.63, 3.8) is 0 Å². The van der Waals surface area contributed by atoms with E-state index in [1.165, 1.54) is 0 Å². The largest absolute Gasteiger partial charge is 0.369 e. The molecule has 0 unspecified atom stereocenters. The Balaban J connectivity index is 2.23. The molecule has 1 aliphatic rings. The van der Waals surface area contributed by atoms with Crippen LogP contribution < -0.4 is 11.1 Å². The van der Waals surface area contributed by atoms with Gasteiger partial charge in [-0.15, -0.1) is 6.58 Å². The molecule has 1 aliphatic heterocycles. The lowest BCUT2D eigenvalue weighted by Gasteiger charge is -2.29. The number of amides is 2. The van der Waals surface area contributed by atoms with Crippen molar-refractivity contribution >= 4 is 11.8 Å². The number of hydrogen-bond donors (Lipinski definition) is 2. The maximum absolute atomic E-state index is 11.4. The van der Waals surface area contributed by atoms with E-state index in [2.05, 4.69) is 11.9 Å². The number of rotatable bonds is 5. The van der Waals surface area contributed by atoms with Crippen molar-refractivity contribution in [1.29, 1.82) is 0 Å². The van der Waals surface area contributed by atoms with Gasteiger partial charge in [-0.05, 0) is 25.9 Å². The first-order valence-corrected chi connectivity index (χ1v) is 5.52. The van der Waals surface area contributed by atoms with Crippen LogP contribution in [0.1, 0.15) is 12.8 Å². The highest BCUT2D eigenvalue weighted by molar-refractivity contribution is 5.78. The molecule has 16 heavy (non-hydrogen) atoms. The molecule has 5 nitrogen and oxygen atoms in total. The molecule has 1 saturated heterocycles.